The summed E-state index contributed by atoms with van der Waals surface area (Å²) in [4.78, 5) is 12.7. The maximum Gasteiger partial charge on any atom is 0.244 e. The van der Waals surface area contributed by atoms with Crippen LogP contribution in [0, 0.1) is 6.92 Å². The van der Waals surface area contributed by atoms with Crippen molar-refractivity contribution in [2.24, 2.45) is 0 Å². The van der Waals surface area contributed by atoms with E-state index in [0.717, 1.165) is 48.1 Å². The van der Waals surface area contributed by atoms with Crippen LogP contribution in [-0.2, 0) is 24.2 Å². The fourth-order valence-electron chi connectivity index (χ4n) is 3.74. The summed E-state index contributed by atoms with van der Waals surface area (Å²) in [5.74, 6) is -0.0539. The van der Waals surface area contributed by atoms with E-state index in [2.05, 4.69) is 15.2 Å². The molecule has 3 aromatic rings. The minimum absolute atomic E-state index is 0. The average molecular weight is 439 g/mol. The van der Waals surface area contributed by atoms with Crippen LogP contribution in [-0.4, -0.2) is 23.6 Å². The van der Waals surface area contributed by atoms with Crippen molar-refractivity contribution in [2.75, 3.05) is 18.4 Å². The van der Waals surface area contributed by atoms with Gasteiger partial charge in [0.2, 0.25) is 5.91 Å². The molecule has 4 nitrogen and oxygen atoms in total. The number of rotatable bonds is 3. The van der Waals surface area contributed by atoms with Gasteiger partial charge in [-0.05, 0) is 49.7 Å². The van der Waals surface area contributed by atoms with Gasteiger partial charge in [-0.3, -0.25) is 4.79 Å². The molecule has 2 heterocycles. The standard InChI is InChI=1S/C21H21Cl2N3O.ClH/c1-13-2-4-14(5-3-13)25-21(27)12-26-19-7-9-24-8-6-15(19)16-10-17(22)18(23)11-20(16)26;/h2-5,10-11,24H,6-9,12H2,1H3,(H,25,27);1H. The summed E-state index contributed by atoms with van der Waals surface area (Å²) in [6.07, 6.45) is 1.79. The Bertz CT molecular complexity index is 1010. The molecular formula is C21H22Cl3N3O. The Labute approximate surface area is 180 Å². The Morgan fingerprint density at radius 2 is 1.79 bits per heavy atom. The van der Waals surface area contributed by atoms with Crippen molar-refractivity contribution in [3.8, 4) is 0 Å². The van der Waals surface area contributed by atoms with Crippen LogP contribution in [0.5, 0.6) is 0 Å². The molecule has 1 aliphatic rings. The van der Waals surface area contributed by atoms with Gasteiger partial charge in [-0.1, -0.05) is 40.9 Å². The van der Waals surface area contributed by atoms with Crippen molar-refractivity contribution < 1.29 is 4.79 Å². The third-order valence-corrected chi connectivity index (χ3v) is 5.78. The third kappa shape index (κ3) is 4.15. The van der Waals surface area contributed by atoms with Gasteiger partial charge in [0, 0.05) is 29.7 Å². The Morgan fingerprint density at radius 1 is 1.11 bits per heavy atom. The van der Waals surface area contributed by atoms with E-state index in [-0.39, 0.29) is 24.9 Å². The van der Waals surface area contributed by atoms with Crippen LogP contribution in [0.1, 0.15) is 16.8 Å². The van der Waals surface area contributed by atoms with Crippen molar-refractivity contribution in [3.05, 3.63) is 63.3 Å². The molecule has 0 radical (unpaired) electrons. The van der Waals surface area contributed by atoms with Crippen molar-refractivity contribution in [1.29, 1.82) is 0 Å². The largest absolute Gasteiger partial charge is 0.335 e. The molecule has 1 amide bonds. The topological polar surface area (TPSA) is 46.1 Å². The molecule has 0 saturated heterocycles. The number of aromatic nitrogens is 1. The average Bonchev–Trinajstić information content (AvgIpc) is 2.80. The molecule has 28 heavy (non-hydrogen) atoms. The minimum atomic E-state index is -0.0539. The zero-order valence-corrected chi connectivity index (χ0v) is 17.8. The maximum absolute atomic E-state index is 12.7. The summed E-state index contributed by atoms with van der Waals surface area (Å²) in [5.41, 5.74) is 5.38. The number of hydrogen-bond acceptors (Lipinski definition) is 2. The van der Waals surface area contributed by atoms with Crippen molar-refractivity contribution in [2.45, 2.75) is 26.3 Å². The molecule has 0 bridgehead atoms. The van der Waals surface area contributed by atoms with Crippen LogP contribution < -0.4 is 10.6 Å². The Morgan fingerprint density at radius 3 is 2.54 bits per heavy atom. The predicted molar refractivity (Wildman–Crippen MR) is 119 cm³/mol. The van der Waals surface area contributed by atoms with Crippen molar-refractivity contribution in [1.82, 2.24) is 9.88 Å². The lowest BCUT2D eigenvalue weighted by molar-refractivity contribution is -0.116. The summed E-state index contributed by atoms with van der Waals surface area (Å²) < 4.78 is 2.09. The number of hydrogen-bond donors (Lipinski definition) is 2. The number of halogens is 3. The molecule has 0 aliphatic carbocycles. The molecule has 2 N–H and O–H groups in total. The van der Waals surface area contributed by atoms with Gasteiger partial charge in [-0.25, -0.2) is 0 Å². The summed E-state index contributed by atoms with van der Waals surface area (Å²) in [7, 11) is 0. The zero-order valence-electron chi connectivity index (χ0n) is 15.5. The molecule has 0 fully saturated rings. The van der Waals surface area contributed by atoms with E-state index in [9.17, 15) is 4.79 Å². The number of nitrogens with zero attached hydrogens (tertiary/aromatic N) is 1. The number of benzene rings is 2. The normalized spacial score (nSPS) is 13.5. The molecule has 7 heteroatoms. The molecule has 1 aliphatic heterocycles. The molecule has 0 spiro atoms. The first-order valence-corrected chi connectivity index (χ1v) is 9.85. The quantitative estimate of drug-likeness (QED) is 0.604. The van der Waals surface area contributed by atoms with Gasteiger partial charge in [-0.2, -0.15) is 0 Å². The highest BCUT2D eigenvalue weighted by molar-refractivity contribution is 6.42. The van der Waals surface area contributed by atoms with Gasteiger partial charge in [0.05, 0.1) is 15.6 Å². The van der Waals surface area contributed by atoms with E-state index >= 15 is 0 Å². The smallest absolute Gasteiger partial charge is 0.244 e. The van der Waals surface area contributed by atoms with Crippen LogP contribution >= 0.6 is 35.6 Å². The van der Waals surface area contributed by atoms with E-state index in [1.807, 2.05) is 43.3 Å². The van der Waals surface area contributed by atoms with Crippen LogP contribution in [0.2, 0.25) is 10.0 Å². The van der Waals surface area contributed by atoms with Gasteiger partial charge in [0.15, 0.2) is 0 Å². The first-order chi connectivity index (χ1) is 13.0. The SMILES string of the molecule is Cc1ccc(NC(=O)Cn2c3c(c4cc(Cl)c(Cl)cc42)CCNCC3)cc1.Cl. The number of carbonyl (C=O) groups is 1. The van der Waals surface area contributed by atoms with Gasteiger partial charge in [0.1, 0.15) is 6.54 Å². The van der Waals surface area contributed by atoms with Crippen LogP contribution in [0.4, 0.5) is 5.69 Å². The Balaban J connectivity index is 0.00000225. The van der Waals surface area contributed by atoms with E-state index in [0.29, 0.717) is 10.0 Å². The Hall–Kier alpha value is -1.72. The maximum atomic E-state index is 12.7. The van der Waals surface area contributed by atoms with E-state index in [1.54, 1.807) is 0 Å². The summed E-state index contributed by atoms with van der Waals surface area (Å²) in [6.45, 7) is 4.08. The summed E-state index contributed by atoms with van der Waals surface area (Å²) in [5, 5.41) is 8.55. The summed E-state index contributed by atoms with van der Waals surface area (Å²) >= 11 is 12.5. The third-order valence-electron chi connectivity index (χ3n) is 5.06. The van der Waals surface area contributed by atoms with Gasteiger partial charge in [-0.15, -0.1) is 12.4 Å². The molecule has 0 atom stereocenters. The number of aryl methyl sites for hydroxylation is 1. The molecule has 2 aromatic carbocycles. The van der Waals surface area contributed by atoms with E-state index < -0.39 is 0 Å². The second-order valence-electron chi connectivity index (χ2n) is 6.96. The van der Waals surface area contributed by atoms with Crippen LogP contribution in [0.25, 0.3) is 10.9 Å². The zero-order chi connectivity index (χ0) is 19.0. The number of fused-ring (bicyclic) bond motifs is 3. The molecule has 4 rings (SSSR count). The number of nitrogens with one attached hydrogen (secondary N) is 2. The van der Waals surface area contributed by atoms with E-state index in [1.165, 1.54) is 11.3 Å². The lowest BCUT2D eigenvalue weighted by atomic mass is 10.1. The number of amides is 1. The second-order valence-corrected chi connectivity index (χ2v) is 7.77. The summed E-state index contributed by atoms with van der Waals surface area (Å²) in [6, 6.07) is 11.6. The van der Waals surface area contributed by atoms with Crippen LogP contribution in [0.3, 0.4) is 0 Å². The van der Waals surface area contributed by atoms with Crippen molar-refractivity contribution >= 4 is 58.1 Å². The monoisotopic (exact) mass is 437 g/mol. The lowest BCUT2D eigenvalue weighted by Gasteiger charge is -2.12. The highest BCUT2D eigenvalue weighted by Crippen LogP contribution is 2.34. The molecule has 1 aromatic heterocycles. The minimum Gasteiger partial charge on any atom is -0.335 e. The highest BCUT2D eigenvalue weighted by atomic mass is 35.5. The van der Waals surface area contributed by atoms with E-state index in [4.69, 9.17) is 23.2 Å². The van der Waals surface area contributed by atoms with Gasteiger partial charge >= 0.3 is 0 Å². The Kier molecular flexibility index (Phi) is 6.56. The van der Waals surface area contributed by atoms with Crippen molar-refractivity contribution in [3.63, 3.8) is 0 Å². The molecular weight excluding hydrogens is 417 g/mol. The number of carbonyl (C=O) groups excluding carboxylic acids is 1. The van der Waals surface area contributed by atoms with Gasteiger partial charge in [0.25, 0.3) is 0 Å². The van der Waals surface area contributed by atoms with Gasteiger partial charge < -0.3 is 15.2 Å². The molecule has 0 unspecified atom stereocenters. The fourth-order valence-corrected chi connectivity index (χ4v) is 4.06. The first kappa shape index (κ1) is 21.0. The lowest BCUT2D eigenvalue weighted by Crippen LogP contribution is -2.21. The first-order valence-electron chi connectivity index (χ1n) is 9.09. The molecule has 0 saturated carbocycles. The molecule has 148 valence electrons. The fraction of sp³-hybridized carbons (Fsp3) is 0.286. The van der Waals surface area contributed by atoms with Crippen LogP contribution in [0.15, 0.2) is 36.4 Å². The predicted octanol–water partition coefficient (Wildman–Crippen LogP) is 5.01. The second kappa shape index (κ2) is 8.75. The number of anilines is 1. The highest BCUT2D eigenvalue weighted by Gasteiger charge is 2.21.